The van der Waals surface area contributed by atoms with Crippen LogP contribution >= 0.6 is 11.6 Å². The van der Waals surface area contributed by atoms with Gasteiger partial charge in [0.25, 0.3) is 0 Å². The fraction of sp³-hybridized carbons (Fsp3) is 0.125. The van der Waals surface area contributed by atoms with E-state index in [0.717, 1.165) is 5.56 Å². The van der Waals surface area contributed by atoms with E-state index in [1.165, 1.54) is 0 Å². The Balaban J connectivity index is 1.58. The van der Waals surface area contributed by atoms with Gasteiger partial charge in [0.2, 0.25) is 11.2 Å². The molecule has 0 radical (unpaired) electrons. The van der Waals surface area contributed by atoms with Gasteiger partial charge in [-0.25, -0.2) is 0 Å². The van der Waals surface area contributed by atoms with E-state index in [-0.39, 0.29) is 11.2 Å². The second kappa shape index (κ2) is 8.51. The number of hydrogen-bond acceptors (Lipinski definition) is 5. The van der Waals surface area contributed by atoms with Crippen LogP contribution in [0.5, 0.6) is 23.0 Å². The molecule has 152 valence electrons. The van der Waals surface area contributed by atoms with Crippen LogP contribution in [0, 0.1) is 6.92 Å². The Bertz CT molecular complexity index is 1230. The van der Waals surface area contributed by atoms with Gasteiger partial charge in [0, 0.05) is 11.1 Å². The van der Waals surface area contributed by atoms with E-state index >= 15 is 0 Å². The fourth-order valence-corrected chi connectivity index (χ4v) is 3.11. The summed E-state index contributed by atoms with van der Waals surface area (Å²) in [5.74, 6) is 2.37. The van der Waals surface area contributed by atoms with Crippen LogP contribution in [0.4, 0.5) is 0 Å². The highest BCUT2D eigenvalue weighted by Crippen LogP contribution is 2.28. The molecular weight excluding hydrogens is 404 g/mol. The summed E-state index contributed by atoms with van der Waals surface area (Å²) in [5.41, 5.74) is 1.18. The molecule has 0 N–H and O–H groups in total. The summed E-state index contributed by atoms with van der Waals surface area (Å²) < 4.78 is 22.6. The van der Waals surface area contributed by atoms with Crippen LogP contribution in [0.15, 0.2) is 75.9 Å². The van der Waals surface area contributed by atoms with E-state index in [1.807, 2.05) is 24.3 Å². The van der Waals surface area contributed by atoms with Crippen molar-refractivity contribution in [1.29, 1.82) is 0 Å². The van der Waals surface area contributed by atoms with Gasteiger partial charge in [-0.05, 0) is 61.0 Å². The molecule has 1 aromatic heterocycles. The lowest BCUT2D eigenvalue weighted by atomic mass is 10.2. The van der Waals surface area contributed by atoms with Gasteiger partial charge in [0.05, 0.1) is 12.5 Å². The number of rotatable bonds is 6. The summed E-state index contributed by atoms with van der Waals surface area (Å²) in [4.78, 5) is 12.9. The predicted octanol–water partition coefficient (Wildman–Crippen LogP) is 6.13. The number of ether oxygens (including phenoxy) is 3. The fourth-order valence-electron chi connectivity index (χ4n) is 2.99. The maximum absolute atomic E-state index is 12.9. The van der Waals surface area contributed by atoms with Crippen molar-refractivity contribution in [3.05, 3.63) is 93.3 Å². The van der Waals surface area contributed by atoms with E-state index in [2.05, 4.69) is 0 Å². The van der Waals surface area contributed by atoms with Gasteiger partial charge in [0.15, 0.2) is 0 Å². The summed E-state index contributed by atoms with van der Waals surface area (Å²) in [7, 11) is 1.59. The molecule has 4 rings (SSSR count). The second-order valence-corrected chi connectivity index (χ2v) is 7.10. The van der Waals surface area contributed by atoms with Crippen LogP contribution < -0.4 is 19.6 Å². The normalized spacial score (nSPS) is 10.8. The van der Waals surface area contributed by atoms with Crippen LogP contribution in [0.1, 0.15) is 11.3 Å². The zero-order valence-electron chi connectivity index (χ0n) is 16.5. The first-order valence-corrected chi connectivity index (χ1v) is 9.68. The quantitative estimate of drug-likeness (QED) is 0.374. The lowest BCUT2D eigenvalue weighted by Gasteiger charge is -2.11. The average Bonchev–Trinajstić information content (AvgIpc) is 2.76. The largest absolute Gasteiger partial charge is 0.497 e. The van der Waals surface area contributed by atoms with Gasteiger partial charge >= 0.3 is 0 Å². The Kier molecular flexibility index (Phi) is 5.63. The van der Waals surface area contributed by atoms with E-state index in [9.17, 15) is 4.79 Å². The molecular formula is C24H19ClO5. The summed E-state index contributed by atoms with van der Waals surface area (Å²) in [6.45, 7) is 2.07. The maximum Gasteiger partial charge on any atom is 0.235 e. The third-order valence-corrected chi connectivity index (χ3v) is 4.84. The van der Waals surface area contributed by atoms with Gasteiger partial charge in [-0.15, -0.1) is 0 Å². The molecule has 6 heteroatoms. The standard InChI is InChI=1S/C24H19ClO5/c1-15-24(30-19-9-7-18(27-2)8-10-19)23(26)21-12-11-20(13-22(21)29-15)28-14-16-3-5-17(25)6-4-16/h3-13H,14H2,1-2H3. The summed E-state index contributed by atoms with van der Waals surface area (Å²) in [6, 6.07) is 19.5. The SMILES string of the molecule is COc1ccc(Oc2c(C)oc3cc(OCc4ccc(Cl)cc4)ccc3c2=O)cc1. The van der Waals surface area contributed by atoms with Gasteiger partial charge in [0.1, 0.15) is 35.2 Å². The Morgan fingerprint density at radius 3 is 2.27 bits per heavy atom. The molecule has 3 aromatic carbocycles. The molecule has 0 atom stereocenters. The molecule has 0 bridgehead atoms. The van der Waals surface area contributed by atoms with Gasteiger partial charge in [-0.1, -0.05) is 23.7 Å². The Morgan fingerprint density at radius 2 is 1.57 bits per heavy atom. The van der Waals surface area contributed by atoms with E-state index in [1.54, 1.807) is 56.5 Å². The first kappa shape index (κ1) is 19.9. The van der Waals surface area contributed by atoms with Crippen molar-refractivity contribution in [2.75, 3.05) is 7.11 Å². The van der Waals surface area contributed by atoms with Crippen molar-refractivity contribution in [1.82, 2.24) is 0 Å². The predicted molar refractivity (Wildman–Crippen MR) is 116 cm³/mol. The summed E-state index contributed by atoms with van der Waals surface area (Å²) in [5, 5.41) is 1.09. The molecule has 0 spiro atoms. The van der Waals surface area contributed by atoms with Gasteiger partial charge in [-0.3, -0.25) is 4.79 Å². The van der Waals surface area contributed by atoms with Crippen molar-refractivity contribution in [3.8, 4) is 23.0 Å². The minimum atomic E-state index is -0.242. The second-order valence-electron chi connectivity index (χ2n) is 6.67. The first-order valence-electron chi connectivity index (χ1n) is 9.30. The number of methoxy groups -OCH3 is 1. The number of fused-ring (bicyclic) bond motifs is 1. The zero-order valence-corrected chi connectivity index (χ0v) is 17.2. The molecule has 0 fully saturated rings. The molecule has 0 aliphatic heterocycles. The highest BCUT2D eigenvalue weighted by atomic mass is 35.5. The topological polar surface area (TPSA) is 57.9 Å². The molecule has 30 heavy (non-hydrogen) atoms. The molecule has 0 aliphatic carbocycles. The monoisotopic (exact) mass is 422 g/mol. The minimum absolute atomic E-state index is 0.155. The maximum atomic E-state index is 12.9. The molecule has 4 aromatic rings. The lowest BCUT2D eigenvalue weighted by molar-refractivity contribution is 0.306. The highest BCUT2D eigenvalue weighted by molar-refractivity contribution is 6.30. The Labute approximate surface area is 178 Å². The van der Waals surface area contributed by atoms with Crippen LogP contribution in [0.3, 0.4) is 0 Å². The van der Waals surface area contributed by atoms with Crippen molar-refractivity contribution in [2.24, 2.45) is 0 Å². The molecule has 0 amide bonds. The minimum Gasteiger partial charge on any atom is -0.497 e. The van der Waals surface area contributed by atoms with Crippen molar-refractivity contribution < 1.29 is 18.6 Å². The molecule has 0 saturated heterocycles. The average molecular weight is 423 g/mol. The van der Waals surface area contributed by atoms with Crippen LogP contribution in [-0.2, 0) is 6.61 Å². The third-order valence-electron chi connectivity index (χ3n) is 4.58. The molecule has 0 aliphatic rings. The zero-order chi connectivity index (χ0) is 21.1. The van der Waals surface area contributed by atoms with Crippen LogP contribution in [0.2, 0.25) is 5.02 Å². The molecule has 0 unspecified atom stereocenters. The number of aryl methyl sites for hydroxylation is 1. The lowest BCUT2D eigenvalue weighted by Crippen LogP contribution is -2.07. The third kappa shape index (κ3) is 4.26. The van der Waals surface area contributed by atoms with Gasteiger partial charge < -0.3 is 18.6 Å². The molecule has 0 saturated carbocycles. The van der Waals surface area contributed by atoms with Crippen molar-refractivity contribution >= 4 is 22.6 Å². The van der Waals surface area contributed by atoms with Gasteiger partial charge in [-0.2, -0.15) is 0 Å². The van der Waals surface area contributed by atoms with Crippen molar-refractivity contribution in [3.63, 3.8) is 0 Å². The first-order chi connectivity index (χ1) is 14.5. The van der Waals surface area contributed by atoms with Crippen molar-refractivity contribution in [2.45, 2.75) is 13.5 Å². The van der Waals surface area contributed by atoms with E-state index in [4.69, 9.17) is 30.2 Å². The number of hydrogen-bond donors (Lipinski definition) is 0. The summed E-state index contributed by atoms with van der Waals surface area (Å²) in [6.07, 6.45) is 0. The smallest absolute Gasteiger partial charge is 0.235 e. The Hall–Kier alpha value is -3.44. The number of benzene rings is 3. The molecule has 1 heterocycles. The Morgan fingerprint density at radius 1 is 0.900 bits per heavy atom. The molecule has 5 nitrogen and oxygen atoms in total. The van der Waals surface area contributed by atoms with Crippen LogP contribution in [-0.4, -0.2) is 7.11 Å². The summed E-state index contributed by atoms with van der Waals surface area (Å²) >= 11 is 5.90. The number of halogens is 1. The van der Waals surface area contributed by atoms with Crippen LogP contribution in [0.25, 0.3) is 11.0 Å². The van der Waals surface area contributed by atoms with E-state index in [0.29, 0.717) is 45.6 Å². The van der Waals surface area contributed by atoms with E-state index < -0.39 is 0 Å². The highest BCUT2D eigenvalue weighted by Gasteiger charge is 2.15.